The molecule has 0 radical (unpaired) electrons. The van der Waals surface area contributed by atoms with Gasteiger partial charge in [0.25, 0.3) is 0 Å². The van der Waals surface area contributed by atoms with Crippen LogP contribution in [0.1, 0.15) is 11.1 Å². The molecule has 3 aromatic rings. The number of aromatic nitrogens is 1. The van der Waals surface area contributed by atoms with E-state index in [0.29, 0.717) is 11.8 Å². The van der Waals surface area contributed by atoms with E-state index in [2.05, 4.69) is 4.98 Å². The lowest BCUT2D eigenvalue weighted by molar-refractivity contribution is 0.306. The summed E-state index contributed by atoms with van der Waals surface area (Å²) in [6.45, 7) is 2.57. The highest BCUT2D eigenvalue weighted by molar-refractivity contribution is 6.32. The average Bonchev–Trinajstić information content (AvgIpc) is 2.54. The maximum Gasteiger partial charge on any atom is 0.137 e. The van der Waals surface area contributed by atoms with Crippen molar-refractivity contribution in [2.75, 3.05) is 0 Å². The lowest BCUT2D eigenvalue weighted by Gasteiger charge is -2.11. The fourth-order valence-corrected chi connectivity index (χ4v) is 2.67. The van der Waals surface area contributed by atoms with Gasteiger partial charge in [-0.25, -0.2) is 4.98 Å². The van der Waals surface area contributed by atoms with Crippen LogP contribution in [0.15, 0.2) is 66.9 Å². The van der Waals surface area contributed by atoms with Crippen LogP contribution in [0.3, 0.4) is 0 Å². The lowest BCUT2D eigenvalue weighted by atomic mass is 10.0. The zero-order chi connectivity index (χ0) is 15.4. The number of benzene rings is 2. The van der Waals surface area contributed by atoms with E-state index in [0.717, 1.165) is 28.0 Å². The van der Waals surface area contributed by atoms with Crippen molar-refractivity contribution in [2.45, 2.75) is 13.5 Å². The van der Waals surface area contributed by atoms with Gasteiger partial charge in [0, 0.05) is 11.8 Å². The molecule has 0 fully saturated rings. The van der Waals surface area contributed by atoms with Crippen molar-refractivity contribution in [3.8, 4) is 16.9 Å². The third kappa shape index (κ3) is 3.29. The third-order valence-electron chi connectivity index (χ3n) is 3.48. The molecule has 0 aliphatic heterocycles. The molecule has 0 N–H and O–H groups in total. The van der Waals surface area contributed by atoms with Gasteiger partial charge in [-0.05, 0) is 41.8 Å². The van der Waals surface area contributed by atoms with Crippen molar-refractivity contribution in [3.63, 3.8) is 0 Å². The van der Waals surface area contributed by atoms with Crippen molar-refractivity contribution >= 4 is 11.6 Å². The minimum atomic E-state index is 0.514. The van der Waals surface area contributed by atoms with Gasteiger partial charge in [-0.1, -0.05) is 54.1 Å². The number of pyridine rings is 1. The van der Waals surface area contributed by atoms with E-state index in [9.17, 15) is 0 Å². The van der Waals surface area contributed by atoms with Crippen molar-refractivity contribution in [1.29, 1.82) is 0 Å². The molecule has 3 heteroatoms. The summed E-state index contributed by atoms with van der Waals surface area (Å²) in [5.74, 6) is 0.820. The van der Waals surface area contributed by atoms with E-state index in [1.165, 1.54) is 0 Å². The topological polar surface area (TPSA) is 22.1 Å². The maximum atomic E-state index is 6.24. The molecule has 0 saturated carbocycles. The lowest BCUT2D eigenvalue weighted by Crippen LogP contribution is -1.95. The van der Waals surface area contributed by atoms with Crippen LogP contribution in [0.5, 0.6) is 5.75 Å². The molecule has 1 aromatic heterocycles. The molecule has 1 heterocycles. The van der Waals surface area contributed by atoms with E-state index in [1.54, 1.807) is 6.20 Å². The van der Waals surface area contributed by atoms with Gasteiger partial charge in [0.05, 0.1) is 0 Å². The molecular weight excluding hydrogens is 294 g/mol. The first-order valence-electron chi connectivity index (χ1n) is 7.12. The number of aryl methyl sites for hydroxylation is 1. The normalized spacial score (nSPS) is 10.5. The number of rotatable bonds is 4. The molecule has 0 atom stereocenters. The summed E-state index contributed by atoms with van der Waals surface area (Å²) in [5, 5.41) is 0.514. The molecule has 0 bridgehead atoms. The molecule has 2 nitrogen and oxygen atoms in total. The number of hydrogen-bond donors (Lipinski definition) is 0. The second-order valence-electron chi connectivity index (χ2n) is 5.10. The van der Waals surface area contributed by atoms with Crippen LogP contribution in [-0.4, -0.2) is 4.98 Å². The Morgan fingerprint density at radius 1 is 1.00 bits per heavy atom. The zero-order valence-corrected chi connectivity index (χ0v) is 13.0. The molecule has 0 spiro atoms. The van der Waals surface area contributed by atoms with Crippen LogP contribution in [0, 0.1) is 6.92 Å². The van der Waals surface area contributed by atoms with E-state index >= 15 is 0 Å². The van der Waals surface area contributed by atoms with Crippen LogP contribution in [-0.2, 0) is 6.61 Å². The molecule has 0 saturated heterocycles. The Morgan fingerprint density at radius 3 is 2.59 bits per heavy atom. The summed E-state index contributed by atoms with van der Waals surface area (Å²) in [6, 6.07) is 20.0. The minimum absolute atomic E-state index is 0.514. The maximum absolute atomic E-state index is 6.24. The summed E-state index contributed by atoms with van der Waals surface area (Å²) in [6.07, 6.45) is 1.72. The Hall–Kier alpha value is -2.32. The highest BCUT2D eigenvalue weighted by atomic mass is 35.5. The van der Waals surface area contributed by atoms with Gasteiger partial charge in [-0.15, -0.1) is 0 Å². The van der Waals surface area contributed by atoms with Crippen LogP contribution in [0.4, 0.5) is 0 Å². The molecular formula is C19H16ClNO. The van der Waals surface area contributed by atoms with E-state index in [1.807, 2.05) is 67.6 Å². The second-order valence-corrected chi connectivity index (χ2v) is 5.45. The predicted octanol–water partition coefficient (Wildman–Crippen LogP) is 5.29. The molecule has 110 valence electrons. The molecule has 0 amide bonds. The van der Waals surface area contributed by atoms with E-state index < -0.39 is 0 Å². The molecule has 3 rings (SSSR count). The van der Waals surface area contributed by atoms with Gasteiger partial charge >= 0.3 is 0 Å². The molecule has 0 aliphatic carbocycles. The first kappa shape index (κ1) is 14.6. The first-order valence-corrected chi connectivity index (χ1v) is 7.50. The quantitative estimate of drug-likeness (QED) is 0.611. The molecule has 0 unspecified atom stereocenters. The van der Waals surface area contributed by atoms with Gasteiger partial charge in [0.2, 0.25) is 0 Å². The highest BCUT2D eigenvalue weighted by Gasteiger charge is 2.08. The molecule has 22 heavy (non-hydrogen) atoms. The standard InChI is InChI=1S/C19H16ClNO/c1-14-10-11-21-19(20)18(14)16-8-5-9-17(12-16)22-13-15-6-3-2-4-7-15/h2-12H,13H2,1H3. The van der Waals surface area contributed by atoms with Crippen LogP contribution < -0.4 is 4.74 Å². The van der Waals surface area contributed by atoms with Gasteiger partial charge < -0.3 is 4.74 Å². The van der Waals surface area contributed by atoms with Crippen molar-refractivity contribution in [2.24, 2.45) is 0 Å². The van der Waals surface area contributed by atoms with E-state index in [4.69, 9.17) is 16.3 Å². The average molecular weight is 310 g/mol. The van der Waals surface area contributed by atoms with Crippen molar-refractivity contribution in [3.05, 3.63) is 83.1 Å². The van der Waals surface area contributed by atoms with Gasteiger partial charge in [-0.3, -0.25) is 0 Å². The molecule has 2 aromatic carbocycles. The predicted molar refractivity (Wildman–Crippen MR) is 90.2 cm³/mol. The Kier molecular flexibility index (Phi) is 4.40. The monoisotopic (exact) mass is 309 g/mol. The fourth-order valence-electron chi connectivity index (χ4n) is 2.35. The summed E-state index contributed by atoms with van der Waals surface area (Å²) in [4.78, 5) is 4.16. The Balaban J connectivity index is 1.84. The minimum Gasteiger partial charge on any atom is -0.489 e. The summed E-state index contributed by atoms with van der Waals surface area (Å²) in [5.41, 5.74) is 4.21. The van der Waals surface area contributed by atoms with Crippen LogP contribution in [0.25, 0.3) is 11.1 Å². The number of nitrogens with zero attached hydrogens (tertiary/aromatic N) is 1. The Bertz CT molecular complexity index is 751. The smallest absolute Gasteiger partial charge is 0.137 e. The van der Waals surface area contributed by atoms with Gasteiger partial charge in [0.1, 0.15) is 17.5 Å². The Morgan fingerprint density at radius 2 is 1.82 bits per heavy atom. The van der Waals surface area contributed by atoms with Gasteiger partial charge in [0.15, 0.2) is 0 Å². The SMILES string of the molecule is Cc1ccnc(Cl)c1-c1cccc(OCc2ccccc2)c1. The van der Waals surface area contributed by atoms with Crippen molar-refractivity contribution in [1.82, 2.24) is 4.98 Å². The second kappa shape index (κ2) is 6.63. The summed E-state index contributed by atoms with van der Waals surface area (Å²) in [7, 11) is 0. The van der Waals surface area contributed by atoms with Crippen molar-refractivity contribution < 1.29 is 4.74 Å². The van der Waals surface area contributed by atoms with Crippen LogP contribution in [0.2, 0.25) is 5.15 Å². The zero-order valence-electron chi connectivity index (χ0n) is 12.3. The first-order chi connectivity index (χ1) is 10.7. The Labute approximate surface area is 135 Å². The van der Waals surface area contributed by atoms with E-state index in [-0.39, 0.29) is 0 Å². The molecule has 0 aliphatic rings. The number of hydrogen-bond acceptors (Lipinski definition) is 2. The number of ether oxygens (including phenoxy) is 1. The van der Waals surface area contributed by atoms with Crippen LogP contribution >= 0.6 is 11.6 Å². The third-order valence-corrected chi connectivity index (χ3v) is 3.77. The number of halogens is 1. The largest absolute Gasteiger partial charge is 0.489 e. The fraction of sp³-hybridized carbons (Fsp3) is 0.105. The highest BCUT2D eigenvalue weighted by Crippen LogP contribution is 2.31. The van der Waals surface area contributed by atoms with Gasteiger partial charge in [-0.2, -0.15) is 0 Å². The summed E-state index contributed by atoms with van der Waals surface area (Å²) < 4.78 is 5.87. The summed E-state index contributed by atoms with van der Waals surface area (Å²) >= 11 is 6.24.